The highest BCUT2D eigenvalue weighted by molar-refractivity contribution is 7.92. The Labute approximate surface area is 213 Å². The van der Waals surface area contributed by atoms with Crippen molar-refractivity contribution in [2.45, 2.75) is 11.4 Å². The molecule has 4 aromatic rings. The first-order chi connectivity index (χ1) is 17.9. The number of nitrogens with one attached hydrogen (secondary N) is 1. The molecule has 4 aromatic carbocycles. The number of hydrogen-bond acceptors (Lipinski definition) is 6. The Morgan fingerprint density at radius 2 is 1.46 bits per heavy atom. The molecule has 0 heterocycles. The van der Waals surface area contributed by atoms with Crippen LogP contribution in [0.3, 0.4) is 0 Å². The van der Waals surface area contributed by atoms with Crippen LogP contribution in [0.5, 0.6) is 0 Å². The van der Waals surface area contributed by atoms with Crippen molar-refractivity contribution >= 4 is 33.5 Å². The third-order valence-corrected chi connectivity index (χ3v) is 7.18. The second-order valence-electron chi connectivity index (χ2n) is 7.88. The van der Waals surface area contributed by atoms with Gasteiger partial charge < -0.3 is 0 Å². The molecule has 0 aliphatic rings. The van der Waals surface area contributed by atoms with E-state index in [1.54, 1.807) is 36.4 Å². The largest absolute Gasteiger partial charge is 0.273 e. The van der Waals surface area contributed by atoms with Crippen LogP contribution in [0, 0.1) is 10.1 Å². The number of hydrogen-bond donors (Lipinski definition) is 1. The molecule has 0 radical (unpaired) electrons. The summed E-state index contributed by atoms with van der Waals surface area (Å²) in [4.78, 5) is 23.5. The van der Waals surface area contributed by atoms with Crippen LogP contribution in [-0.2, 0) is 16.6 Å². The predicted molar refractivity (Wildman–Crippen MR) is 141 cm³/mol. The molecular weight excluding hydrogens is 492 g/mol. The summed E-state index contributed by atoms with van der Waals surface area (Å²) in [5, 5.41) is 14.7. The minimum Gasteiger partial charge on any atom is -0.267 e. The van der Waals surface area contributed by atoms with Crippen molar-refractivity contribution < 1.29 is 18.1 Å². The average molecular weight is 515 g/mol. The van der Waals surface area contributed by atoms with Gasteiger partial charge in [-0.25, -0.2) is 13.8 Å². The zero-order chi connectivity index (χ0) is 26.3. The maximum absolute atomic E-state index is 13.7. The summed E-state index contributed by atoms with van der Waals surface area (Å²) in [6.07, 6.45) is 1.34. The van der Waals surface area contributed by atoms with Crippen molar-refractivity contribution in [3.8, 4) is 0 Å². The molecule has 0 aromatic heterocycles. The van der Waals surface area contributed by atoms with Crippen LogP contribution in [0.25, 0.3) is 0 Å². The van der Waals surface area contributed by atoms with Crippen LogP contribution in [0.2, 0.25) is 0 Å². The minimum absolute atomic E-state index is 0.00836. The van der Waals surface area contributed by atoms with Gasteiger partial charge in [0.25, 0.3) is 21.6 Å². The van der Waals surface area contributed by atoms with E-state index < -0.39 is 20.9 Å². The van der Waals surface area contributed by atoms with Gasteiger partial charge in [0.1, 0.15) is 0 Å². The normalized spacial score (nSPS) is 11.2. The summed E-state index contributed by atoms with van der Waals surface area (Å²) in [5.41, 5.74) is 3.93. The first-order valence-corrected chi connectivity index (χ1v) is 12.6. The van der Waals surface area contributed by atoms with E-state index in [2.05, 4.69) is 10.5 Å². The third-order valence-electron chi connectivity index (χ3n) is 5.40. The van der Waals surface area contributed by atoms with Gasteiger partial charge in [-0.3, -0.25) is 19.2 Å². The third kappa shape index (κ3) is 6.06. The molecular formula is C27H22N4O5S. The molecule has 37 heavy (non-hydrogen) atoms. The summed E-state index contributed by atoms with van der Waals surface area (Å²) < 4.78 is 28.6. The van der Waals surface area contributed by atoms with E-state index >= 15 is 0 Å². The van der Waals surface area contributed by atoms with Gasteiger partial charge in [-0.15, -0.1) is 0 Å². The van der Waals surface area contributed by atoms with Crippen molar-refractivity contribution in [1.82, 2.24) is 5.43 Å². The van der Waals surface area contributed by atoms with Gasteiger partial charge in [-0.05, 0) is 47.5 Å². The van der Waals surface area contributed by atoms with Crippen molar-refractivity contribution in [2.75, 3.05) is 4.31 Å². The molecule has 1 amide bonds. The highest BCUT2D eigenvalue weighted by Gasteiger charge is 2.28. The number of nitrogens with zero attached hydrogens (tertiary/aromatic N) is 3. The molecule has 186 valence electrons. The standard InChI is InChI=1S/C27H22N4O5S/c32-27(29-28-19-21-15-17-23(18-16-21)31(33)34)25-13-7-8-14-26(25)30(20-22-9-3-1-4-10-22)37(35,36)24-11-5-2-6-12-24/h1-19H,20H2,(H,29,32)/b28-19+. The number of benzene rings is 4. The Morgan fingerprint density at radius 3 is 2.11 bits per heavy atom. The Bertz CT molecular complexity index is 1520. The highest BCUT2D eigenvalue weighted by atomic mass is 32.2. The molecule has 10 heteroatoms. The number of hydrazone groups is 1. The molecule has 0 bridgehead atoms. The molecule has 1 N–H and O–H groups in total. The minimum atomic E-state index is -4.02. The van der Waals surface area contributed by atoms with Crippen molar-refractivity contribution in [3.05, 3.63) is 136 Å². The maximum atomic E-state index is 13.7. The average Bonchev–Trinajstić information content (AvgIpc) is 2.93. The van der Waals surface area contributed by atoms with Gasteiger partial charge in [-0.1, -0.05) is 60.7 Å². The van der Waals surface area contributed by atoms with Gasteiger partial charge in [-0.2, -0.15) is 5.10 Å². The molecule has 4 rings (SSSR count). The first kappa shape index (κ1) is 25.3. The van der Waals surface area contributed by atoms with Crippen LogP contribution < -0.4 is 9.73 Å². The van der Waals surface area contributed by atoms with Crippen LogP contribution in [0.1, 0.15) is 21.5 Å². The fourth-order valence-electron chi connectivity index (χ4n) is 3.56. The number of rotatable bonds is 9. The van der Waals surface area contributed by atoms with E-state index in [4.69, 9.17) is 0 Å². The lowest BCUT2D eigenvalue weighted by Gasteiger charge is -2.26. The summed E-state index contributed by atoms with van der Waals surface area (Å²) in [6.45, 7) is 0.00836. The predicted octanol–water partition coefficient (Wildman–Crippen LogP) is 4.75. The Hall–Kier alpha value is -4.83. The van der Waals surface area contributed by atoms with Crippen LogP contribution in [0.4, 0.5) is 11.4 Å². The lowest BCUT2D eigenvalue weighted by molar-refractivity contribution is -0.384. The van der Waals surface area contributed by atoms with Crippen molar-refractivity contribution in [3.63, 3.8) is 0 Å². The number of amides is 1. The smallest absolute Gasteiger partial charge is 0.267 e. The number of carbonyl (C=O) groups excluding carboxylic acids is 1. The van der Waals surface area contributed by atoms with Crippen molar-refractivity contribution in [2.24, 2.45) is 5.10 Å². The number of para-hydroxylation sites is 1. The second-order valence-corrected chi connectivity index (χ2v) is 9.74. The number of nitro groups is 1. The van der Waals surface area contributed by atoms with Crippen LogP contribution in [-0.4, -0.2) is 25.5 Å². The number of non-ortho nitro benzene ring substituents is 1. The molecule has 9 nitrogen and oxygen atoms in total. The fourth-order valence-corrected chi connectivity index (χ4v) is 5.05. The molecule has 0 unspecified atom stereocenters. The lowest BCUT2D eigenvalue weighted by Crippen LogP contribution is -2.33. The van der Waals surface area contributed by atoms with E-state index in [9.17, 15) is 23.3 Å². The van der Waals surface area contributed by atoms with E-state index in [1.807, 2.05) is 30.3 Å². The van der Waals surface area contributed by atoms with Gasteiger partial charge in [0.05, 0.1) is 33.8 Å². The summed E-state index contributed by atoms with van der Waals surface area (Å²) in [7, 11) is -4.02. The SMILES string of the molecule is O=C(N/N=C/c1ccc([N+](=O)[O-])cc1)c1ccccc1N(Cc1ccccc1)S(=O)(=O)c1ccccc1. The monoisotopic (exact) mass is 514 g/mol. The van der Waals surface area contributed by atoms with Gasteiger partial charge in [0.15, 0.2) is 0 Å². The fraction of sp³-hybridized carbons (Fsp3) is 0.0370. The molecule has 0 aliphatic heterocycles. The summed E-state index contributed by atoms with van der Waals surface area (Å²) in [6, 6.07) is 29.1. The number of nitro benzene ring substituents is 1. The van der Waals surface area contributed by atoms with E-state index in [0.29, 0.717) is 5.56 Å². The second kappa shape index (κ2) is 11.3. The van der Waals surface area contributed by atoms with Crippen molar-refractivity contribution in [1.29, 1.82) is 0 Å². The van der Waals surface area contributed by atoms with E-state index in [-0.39, 0.29) is 28.4 Å². The molecule has 0 spiro atoms. The maximum Gasteiger partial charge on any atom is 0.273 e. The summed E-state index contributed by atoms with van der Waals surface area (Å²) in [5.74, 6) is -0.616. The topological polar surface area (TPSA) is 122 Å². The Balaban J connectivity index is 1.65. The van der Waals surface area contributed by atoms with Gasteiger partial charge >= 0.3 is 0 Å². The first-order valence-electron chi connectivity index (χ1n) is 11.1. The molecule has 0 saturated heterocycles. The number of carbonyl (C=O) groups is 1. The van der Waals surface area contributed by atoms with Gasteiger partial charge in [0.2, 0.25) is 0 Å². The molecule has 0 saturated carbocycles. The van der Waals surface area contributed by atoms with Crippen LogP contribution >= 0.6 is 0 Å². The zero-order valence-corrected chi connectivity index (χ0v) is 20.3. The number of sulfonamides is 1. The number of anilines is 1. The molecule has 0 atom stereocenters. The zero-order valence-electron chi connectivity index (χ0n) is 19.5. The quantitative estimate of drug-likeness (QED) is 0.196. The van der Waals surface area contributed by atoms with E-state index in [0.717, 1.165) is 5.56 Å². The van der Waals surface area contributed by atoms with E-state index in [1.165, 1.54) is 53.0 Å². The Morgan fingerprint density at radius 1 is 0.865 bits per heavy atom. The molecule has 0 fully saturated rings. The Kier molecular flexibility index (Phi) is 7.70. The van der Waals surface area contributed by atoms with Crippen LogP contribution in [0.15, 0.2) is 119 Å². The highest BCUT2D eigenvalue weighted by Crippen LogP contribution is 2.29. The lowest BCUT2D eigenvalue weighted by atomic mass is 10.1. The molecule has 0 aliphatic carbocycles. The summed E-state index contributed by atoms with van der Waals surface area (Å²) >= 11 is 0. The van der Waals surface area contributed by atoms with Gasteiger partial charge in [0, 0.05) is 12.1 Å².